The average molecular weight is 308 g/mol. The first kappa shape index (κ1) is 16.1. The lowest BCUT2D eigenvalue weighted by molar-refractivity contribution is 0.252. The van der Waals surface area contributed by atoms with E-state index in [9.17, 15) is 4.79 Å². The molecular formula is C16H16N6O. The highest BCUT2D eigenvalue weighted by molar-refractivity contribution is 5.91. The number of amides is 2. The summed E-state index contributed by atoms with van der Waals surface area (Å²) in [5.74, 6) is 0. The number of rotatable bonds is 4. The minimum Gasteiger partial charge on any atom is -0.306 e. The second-order valence-electron chi connectivity index (χ2n) is 4.87. The van der Waals surface area contributed by atoms with Crippen LogP contribution in [0.3, 0.4) is 0 Å². The molecule has 0 aliphatic rings. The van der Waals surface area contributed by atoms with Gasteiger partial charge in [-0.05, 0) is 36.1 Å². The topological polar surface area (TPSA) is 102 Å². The summed E-state index contributed by atoms with van der Waals surface area (Å²) in [5, 5.41) is 10.1. The Morgan fingerprint density at radius 1 is 1.13 bits per heavy atom. The maximum Gasteiger partial charge on any atom is 0.339 e. The van der Waals surface area contributed by atoms with Gasteiger partial charge in [0.15, 0.2) is 0 Å². The molecule has 0 aliphatic carbocycles. The van der Waals surface area contributed by atoms with Gasteiger partial charge in [-0.1, -0.05) is 47.6 Å². The van der Waals surface area contributed by atoms with Gasteiger partial charge >= 0.3 is 6.03 Å². The van der Waals surface area contributed by atoms with Crippen molar-refractivity contribution in [2.75, 3.05) is 5.32 Å². The molecule has 7 nitrogen and oxygen atoms in total. The van der Waals surface area contributed by atoms with E-state index in [1.807, 2.05) is 32.0 Å². The maximum absolute atomic E-state index is 11.9. The number of hydrazone groups is 1. The van der Waals surface area contributed by atoms with E-state index in [0.29, 0.717) is 5.69 Å². The number of para-hydroxylation sites is 1. The standard InChI is InChI=1S/C16H16N6O/c1-11-4-3-5-12(2)15(11)19-16(23)21-18-10-13-6-8-14(9-7-13)20-22-17/h3-10H,1-2H3,(H2,19,21,23)/b18-10+. The molecular weight excluding hydrogens is 292 g/mol. The van der Waals surface area contributed by atoms with Crippen LogP contribution in [0.25, 0.3) is 10.4 Å². The molecule has 0 fully saturated rings. The summed E-state index contributed by atoms with van der Waals surface area (Å²) in [6.45, 7) is 3.86. The van der Waals surface area contributed by atoms with Crippen molar-refractivity contribution in [2.45, 2.75) is 13.8 Å². The first-order chi connectivity index (χ1) is 11.1. The third-order valence-corrected chi connectivity index (χ3v) is 3.15. The molecule has 23 heavy (non-hydrogen) atoms. The predicted molar refractivity (Wildman–Crippen MR) is 90.9 cm³/mol. The maximum atomic E-state index is 11.9. The van der Waals surface area contributed by atoms with Crippen molar-refractivity contribution in [3.05, 3.63) is 69.6 Å². The van der Waals surface area contributed by atoms with Crippen LogP contribution in [0.5, 0.6) is 0 Å². The summed E-state index contributed by atoms with van der Waals surface area (Å²) in [6, 6.07) is 12.2. The van der Waals surface area contributed by atoms with Crippen molar-refractivity contribution >= 4 is 23.6 Å². The third kappa shape index (κ3) is 4.59. The van der Waals surface area contributed by atoms with E-state index in [1.165, 1.54) is 6.21 Å². The van der Waals surface area contributed by atoms with E-state index >= 15 is 0 Å². The summed E-state index contributed by atoms with van der Waals surface area (Å²) in [4.78, 5) is 14.6. The molecule has 7 heteroatoms. The molecule has 2 rings (SSSR count). The number of benzene rings is 2. The lowest BCUT2D eigenvalue weighted by Crippen LogP contribution is -2.25. The summed E-state index contributed by atoms with van der Waals surface area (Å²) >= 11 is 0. The Morgan fingerprint density at radius 3 is 2.39 bits per heavy atom. The van der Waals surface area contributed by atoms with Gasteiger partial charge < -0.3 is 5.32 Å². The van der Waals surface area contributed by atoms with Crippen molar-refractivity contribution in [2.24, 2.45) is 10.2 Å². The van der Waals surface area contributed by atoms with Crippen molar-refractivity contribution in [1.29, 1.82) is 0 Å². The Morgan fingerprint density at radius 2 is 1.78 bits per heavy atom. The van der Waals surface area contributed by atoms with E-state index in [-0.39, 0.29) is 0 Å². The van der Waals surface area contributed by atoms with Crippen LogP contribution in [0, 0.1) is 13.8 Å². The fraction of sp³-hybridized carbons (Fsp3) is 0.125. The highest BCUT2D eigenvalue weighted by Gasteiger charge is 2.05. The van der Waals surface area contributed by atoms with Crippen LogP contribution in [-0.2, 0) is 0 Å². The first-order valence-corrected chi connectivity index (χ1v) is 6.91. The lowest BCUT2D eigenvalue weighted by Gasteiger charge is -2.10. The third-order valence-electron chi connectivity index (χ3n) is 3.15. The van der Waals surface area contributed by atoms with E-state index in [0.717, 1.165) is 22.4 Å². The number of anilines is 1. The van der Waals surface area contributed by atoms with E-state index < -0.39 is 6.03 Å². The van der Waals surface area contributed by atoms with Crippen LogP contribution in [0.2, 0.25) is 0 Å². The fourth-order valence-electron chi connectivity index (χ4n) is 2.00. The zero-order valence-corrected chi connectivity index (χ0v) is 12.8. The lowest BCUT2D eigenvalue weighted by atomic mass is 10.1. The number of azide groups is 1. The SMILES string of the molecule is Cc1cccc(C)c1NC(=O)N/N=C/c1ccc(N=[N+]=[N-])cc1. The summed E-state index contributed by atoms with van der Waals surface area (Å²) in [6.07, 6.45) is 1.50. The van der Waals surface area contributed by atoms with Crippen LogP contribution in [-0.4, -0.2) is 12.2 Å². The monoisotopic (exact) mass is 308 g/mol. The number of nitrogens with zero attached hydrogens (tertiary/aromatic N) is 4. The quantitative estimate of drug-likeness (QED) is 0.282. The van der Waals surface area contributed by atoms with Crippen molar-refractivity contribution < 1.29 is 4.79 Å². The van der Waals surface area contributed by atoms with Crippen molar-refractivity contribution in [1.82, 2.24) is 5.43 Å². The van der Waals surface area contributed by atoms with Crippen LogP contribution >= 0.6 is 0 Å². The van der Waals surface area contributed by atoms with Gasteiger partial charge in [-0.2, -0.15) is 5.10 Å². The minimum absolute atomic E-state index is 0.413. The van der Waals surface area contributed by atoms with Crippen LogP contribution in [0.15, 0.2) is 52.7 Å². The van der Waals surface area contributed by atoms with Crippen LogP contribution in [0.4, 0.5) is 16.2 Å². The number of hydrogen-bond acceptors (Lipinski definition) is 3. The molecule has 0 bridgehead atoms. The van der Waals surface area contributed by atoms with E-state index in [1.54, 1.807) is 24.3 Å². The average Bonchev–Trinajstić information content (AvgIpc) is 2.53. The van der Waals surface area contributed by atoms with Crippen LogP contribution in [0.1, 0.15) is 16.7 Å². The highest BCUT2D eigenvalue weighted by Crippen LogP contribution is 2.19. The van der Waals surface area contributed by atoms with Gasteiger partial charge in [-0.15, -0.1) is 0 Å². The molecule has 0 saturated heterocycles. The summed E-state index contributed by atoms with van der Waals surface area (Å²) in [5.41, 5.74) is 14.8. The van der Waals surface area contributed by atoms with E-state index in [2.05, 4.69) is 25.9 Å². The molecule has 0 spiro atoms. The van der Waals surface area contributed by atoms with Gasteiger partial charge in [0.05, 0.1) is 6.21 Å². The highest BCUT2D eigenvalue weighted by atomic mass is 16.2. The summed E-state index contributed by atoms with van der Waals surface area (Å²) in [7, 11) is 0. The van der Waals surface area contributed by atoms with Gasteiger partial charge in [0.25, 0.3) is 0 Å². The number of carbonyl (C=O) groups is 1. The van der Waals surface area contributed by atoms with Gasteiger partial charge in [0.2, 0.25) is 0 Å². The second-order valence-corrected chi connectivity index (χ2v) is 4.87. The molecule has 0 radical (unpaired) electrons. The van der Waals surface area contributed by atoms with E-state index in [4.69, 9.17) is 5.53 Å². The van der Waals surface area contributed by atoms with Crippen molar-refractivity contribution in [3.8, 4) is 0 Å². The zero-order chi connectivity index (χ0) is 16.7. The number of nitrogens with one attached hydrogen (secondary N) is 2. The molecule has 2 amide bonds. The molecule has 0 aromatic heterocycles. The molecule has 0 aliphatic heterocycles. The first-order valence-electron chi connectivity index (χ1n) is 6.91. The number of carbonyl (C=O) groups excluding carboxylic acids is 1. The molecule has 0 heterocycles. The van der Waals surface area contributed by atoms with Gasteiger partial charge in [0, 0.05) is 16.3 Å². The normalized spacial score (nSPS) is 10.2. The Hall–Kier alpha value is -3.31. The Labute approximate surface area is 133 Å². The molecule has 0 saturated carbocycles. The Bertz CT molecular complexity index is 755. The number of aryl methyl sites for hydroxylation is 2. The zero-order valence-electron chi connectivity index (χ0n) is 12.8. The second kappa shape index (κ2) is 7.63. The van der Waals surface area contributed by atoms with Gasteiger partial charge in [-0.25, -0.2) is 10.2 Å². The molecule has 116 valence electrons. The van der Waals surface area contributed by atoms with Crippen LogP contribution < -0.4 is 10.7 Å². The van der Waals surface area contributed by atoms with Gasteiger partial charge in [0.1, 0.15) is 0 Å². The smallest absolute Gasteiger partial charge is 0.306 e. The largest absolute Gasteiger partial charge is 0.339 e. The molecule has 0 unspecified atom stereocenters. The minimum atomic E-state index is -0.413. The van der Waals surface area contributed by atoms with Crippen molar-refractivity contribution in [3.63, 3.8) is 0 Å². The number of hydrogen-bond donors (Lipinski definition) is 2. The molecule has 0 atom stereocenters. The molecule has 2 N–H and O–H groups in total. The number of urea groups is 1. The summed E-state index contributed by atoms with van der Waals surface area (Å²) < 4.78 is 0. The Kier molecular flexibility index (Phi) is 5.33. The Balaban J connectivity index is 1.94. The molecule has 2 aromatic carbocycles. The molecule has 2 aromatic rings. The fourth-order valence-corrected chi connectivity index (χ4v) is 2.00. The van der Waals surface area contributed by atoms with Gasteiger partial charge in [-0.3, -0.25) is 0 Å². The predicted octanol–water partition coefficient (Wildman–Crippen LogP) is 4.40.